The Balaban J connectivity index is 1.28. The van der Waals surface area contributed by atoms with Crippen LogP contribution in [-0.4, -0.2) is 35.4 Å². The molecule has 5 rings (SSSR count). The number of aryl methyl sites for hydroxylation is 1. The maximum Gasteiger partial charge on any atom is 0.355 e. The minimum absolute atomic E-state index is 0.113. The van der Waals surface area contributed by atoms with E-state index < -0.39 is 5.97 Å². The highest BCUT2D eigenvalue weighted by atomic mass is 16.5. The van der Waals surface area contributed by atoms with Crippen LogP contribution in [-0.2, 0) is 16.6 Å². The molecular weight excluding hydrogens is 344 g/mol. The minimum Gasteiger partial charge on any atom is -0.451 e. The van der Waals surface area contributed by atoms with Crippen LogP contribution >= 0.6 is 0 Å². The fourth-order valence-electron chi connectivity index (χ4n) is 6.01. The van der Waals surface area contributed by atoms with Crippen LogP contribution in [0.2, 0.25) is 0 Å². The zero-order valence-corrected chi connectivity index (χ0v) is 16.1. The number of amides is 1. The minimum atomic E-state index is -0.588. The fraction of sp³-hybridized carbons (Fsp3) is 0.667. The molecule has 0 saturated heterocycles. The Hall–Kier alpha value is -2.11. The van der Waals surface area contributed by atoms with Crippen molar-refractivity contribution >= 4 is 17.7 Å². The fourth-order valence-corrected chi connectivity index (χ4v) is 6.01. The molecule has 6 heteroatoms. The number of hydrogen-bond donors (Lipinski definition) is 1. The van der Waals surface area contributed by atoms with E-state index in [2.05, 4.69) is 5.32 Å². The van der Waals surface area contributed by atoms with Crippen molar-refractivity contribution in [1.82, 2.24) is 9.88 Å². The molecule has 4 aliphatic carbocycles. The Morgan fingerprint density at radius 1 is 1.15 bits per heavy atom. The van der Waals surface area contributed by atoms with E-state index in [1.807, 2.05) is 0 Å². The third kappa shape index (κ3) is 3.66. The van der Waals surface area contributed by atoms with E-state index in [0.717, 1.165) is 17.8 Å². The second kappa shape index (κ2) is 6.80. The van der Waals surface area contributed by atoms with Gasteiger partial charge in [-0.25, -0.2) is 4.79 Å². The van der Waals surface area contributed by atoms with Crippen LogP contribution in [0.4, 0.5) is 0 Å². The third-order valence-electron chi connectivity index (χ3n) is 6.78. The lowest BCUT2D eigenvalue weighted by Crippen LogP contribution is -2.51. The molecule has 27 heavy (non-hydrogen) atoms. The molecule has 0 unspecified atom stereocenters. The maximum absolute atomic E-state index is 12.2. The van der Waals surface area contributed by atoms with Crippen LogP contribution in [0.5, 0.6) is 0 Å². The molecule has 4 saturated carbocycles. The topological polar surface area (TPSA) is 77.4 Å². The van der Waals surface area contributed by atoms with Gasteiger partial charge in [0, 0.05) is 25.4 Å². The number of ketones is 1. The van der Waals surface area contributed by atoms with Gasteiger partial charge in [0.25, 0.3) is 5.91 Å². The van der Waals surface area contributed by atoms with Crippen molar-refractivity contribution in [2.24, 2.45) is 30.2 Å². The van der Waals surface area contributed by atoms with Gasteiger partial charge >= 0.3 is 5.97 Å². The van der Waals surface area contributed by atoms with Gasteiger partial charge in [-0.3, -0.25) is 9.59 Å². The van der Waals surface area contributed by atoms with Crippen molar-refractivity contribution in [3.8, 4) is 0 Å². The van der Waals surface area contributed by atoms with Crippen LogP contribution in [0, 0.1) is 23.2 Å². The van der Waals surface area contributed by atoms with Crippen LogP contribution < -0.4 is 5.32 Å². The first-order valence-corrected chi connectivity index (χ1v) is 9.95. The normalized spacial score (nSPS) is 31.0. The predicted molar refractivity (Wildman–Crippen MR) is 99.3 cm³/mol. The number of carbonyl (C=O) groups excluding carboxylic acids is 3. The van der Waals surface area contributed by atoms with Gasteiger partial charge in [0.2, 0.25) is 0 Å². The number of aromatic nitrogens is 1. The molecule has 0 aromatic carbocycles. The summed E-state index contributed by atoms with van der Waals surface area (Å²) in [6.07, 6.45) is 9.42. The molecule has 0 atom stereocenters. The molecule has 4 bridgehead atoms. The molecule has 6 nitrogen and oxygen atoms in total. The lowest BCUT2D eigenvalue weighted by molar-refractivity contribution is -0.126. The maximum atomic E-state index is 12.2. The van der Waals surface area contributed by atoms with E-state index in [9.17, 15) is 14.4 Å². The number of Topliss-reactive ketones (excluding diaryl/α,β-unsaturated/α-hetero) is 1. The highest BCUT2D eigenvalue weighted by molar-refractivity contribution is 5.98. The van der Waals surface area contributed by atoms with Gasteiger partial charge in [-0.15, -0.1) is 0 Å². The number of hydrogen-bond acceptors (Lipinski definition) is 4. The number of nitrogens with zero attached hydrogens (tertiary/aromatic N) is 1. The molecule has 0 aliphatic heterocycles. The molecule has 4 aliphatic rings. The van der Waals surface area contributed by atoms with Gasteiger partial charge in [0.05, 0.1) is 0 Å². The van der Waals surface area contributed by atoms with Crippen molar-refractivity contribution in [3.05, 3.63) is 23.5 Å². The molecule has 1 amide bonds. The van der Waals surface area contributed by atoms with Crippen LogP contribution in [0.3, 0.4) is 0 Å². The predicted octanol–water partition coefficient (Wildman–Crippen LogP) is 2.72. The Kier molecular flexibility index (Phi) is 4.60. The molecule has 1 aromatic heterocycles. The van der Waals surface area contributed by atoms with Gasteiger partial charge in [-0.2, -0.15) is 0 Å². The van der Waals surface area contributed by atoms with E-state index in [4.69, 9.17) is 4.74 Å². The van der Waals surface area contributed by atoms with E-state index in [0.29, 0.717) is 12.1 Å². The van der Waals surface area contributed by atoms with Crippen LogP contribution in [0.1, 0.15) is 66.3 Å². The molecule has 0 spiro atoms. The average Bonchev–Trinajstić information content (AvgIpc) is 2.99. The Morgan fingerprint density at radius 3 is 2.26 bits per heavy atom. The molecule has 4 fully saturated rings. The standard InChI is InChI=1S/C21H28N2O4/c1-13(24)17-6-18(23(2)10-17)20(26)27-11-19(25)22-12-21-7-14-3-15(8-21)5-16(4-14)9-21/h6,10,14-16H,3-5,7-9,11-12H2,1-2H3,(H,22,25). The van der Waals surface area contributed by atoms with Crippen LogP contribution in [0.15, 0.2) is 12.3 Å². The van der Waals surface area contributed by atoms with Gasteiger partial charge in [0.15, 0.2) is 12.4 Å². The highest BCUT2D eigenvalue weighted by Crippen LogP contribution is 2.59. The quantitative estimate of drug-likeness (QED) is 0.615. The van der Waals surface area contributed by atoms with Crippen molar-refractivity contribution in [2.45, 2.75) is 45.4 Å². The highest BCUT2D eigenvalue weighted by Gasteiger charge is 2.50. The van der Waals surface area contributed by atoms with Gasteiger partial charge in [-0.05, 0) is 74.7 Å². The Morgan fingerprint density at radius 2 is 1.74 bits per heavy atom. The smallest absolute Gasteiger partial charge is 0.355 e. The largest absolute Gasteiger partial charge is 0.451 e. The molecule has 1 N–H and O–H groups in total. The summed E-state index contributed by atoms with van der Waals surface area (Å²) in [6, 6.07) is 1.50. The first kappa shape index (κ1) is 18.3. The van der Waals surface area contributed by atoms with E-state index in [-0.39, 0.29) is 29.4 Å². The van der Waals surface area contributed by atoms with Crippen molar-refractivity contribution in [1.29, 1.82) is 0 Å². The second-order valence-electron chi connectivity index (χ2n) is 9.05. The molecule has 0 radical (unpaired) electrons. The van der Waals surface area contributed by atoms with E-state index in [1.54, 1.807) is 17.8 Å². The summed E-state index contributed by atoms with van der Waals surface area (Å²) in [6.45, 7) is 1.86. The number of rotatable bonds is 6. The Labute approximate surface area is 159 Å². The molecule has 146 valence electrons. The summed E-state index contributed by atoms with van der Waals surface area (Å²) >= 11 is 0. The SMILES string of the molecule is CC(=O)c1cc(C(=O)OCC(=O)NCC23CC4CC(CC(C4)C2)C3)n(C)c1. The monoisotopic (exact) mass is 372 g/mol. The van der Waals surface area contributed by atoms with Crippen molar-refractivity contribution < 1.29 is 19.1 Å². The number of nitrogens with one attached hydrogen (secondary N) is 1. The summed E-state index contributed by atoms with van der Waals surface area (Å²) < 4.78 is 6.70. The lowest BCUT2D eigenvalue weighted by Gasteiger charge is -2.56. The second-order valence-corrected chi connectivity index (χ2v) is 9.05. The van der Waals surface area contributed by atoms with Crippen molar-refractivity contribution in [3.63, 3.8) is 0 Å². The molecule has 1 heterocycles. The molecule has 1 aromatic rings. The first-order chi connectivity index (χ1) is 12.8. The Bertz CT molecular complexity index is 744. The van der Waals surface area contributed by atoms with E-state index in [1.165, 1.54) is 51.5 Å². The zero-order valence-electron chi connectivity index (χ0n) is 16.1. The number of esters is 1. The first-order valence-electron chi connectivity index (χ1n) is 9.95. The summed E-state index contributed by atoms with van der Waals surface area (Å²) in [7, 11) is 1.68. The molecular formula is C21H28N2O4. The number of carbonyl (C=O) groups is 3. The van der Waals surface area contributed by atoms with Gasteiger partial charge in [0.1, 0.15) is 5.69 Å². The van der Waals surface area contributed by atoms with Crippen LogP contribution in [0.25, 0.3) is 0 Å². The van der Waals surface area contributed by atoms with Crippen molar-refractivity contribution in [2.75, 3.05) is 13.2 Å². The zero-order chi connectivity index (χ0) is 19.2. The lowest BCUT2D eigenvalue weighted by atomic mass is 9.49. The number of ether oxygens (including phenoxy) is 1. The summed E-state index contributed by atoms with van der Waals surface area (Å²) in [4.78, 5) is 35.8. The van der Waals surface area contributed by atoms with Gasteiger partial charge in [-0.1, -0.05) is 0 Å². The summed E-state index contributed by atoms with van der Waals surface area (Å²) in [5.41, 5.74) is 0.993. The summed E-state index contributed by atoms with van der Waals surface area (Å²) in [5.74, 6) is 1.59. The average molecular weight is 372 g/mol. The summed E-state index contributed by atoms with van der Waals surface area (Å²) in [5, 5.41) is 3.01. The van der Waals surface area contributed by atoms with Gasteiger partial charge < -0.3 is 14.6 Å². The third-order valence-corrected chi connectivity index (χ3v) is 6.78. The van der Waals surface area contributed by atoms with E-state index >= 15 is 0 Å².